The molecule has 0 spiro atoms. The Morgan fingerprint density at radius 3 is 3.12 bits per heavy atom. The van der Waals surface area contributed by atoms with E-state index in [0.717, 1.165) is 19.4 Å². The van der Waals surface area contributed by atoms with Crippen molar-refractivity contribution in [2.75, 3.05) is 6.61 Å². The van der Waals surface area contributed by atoms with E-state index in [0.29, 0.717) is 0 Å². The van der Waals surface area contributed by atoms with Gasteiger partial charge in [0.05, 0.1) is 5.73 Å². The summed E-state index contributed by atoms with van der Waals surface area (Å²) in [5.74, 6) is 0. The molecule has 1 atom stereocenters. The van der Waals surface area contributed by atoms with E-state index >= 15 is 0 Å². The molecule has 8 heavy (non-hydrogen) atoms. The fourth-order valence-electron chi connectivity index (χ4n) is 0.783. The summed E-state index contributed by atoms with van der Waals surface area (Å²) in [7, 11) is -0.431. The molecule has 0 aromatic heterocycles. The molecule has 4 heteroatoms. The van der Waals surface area contributed by atoms with Crippen LogP contribution in [0.1, 0.15) is 12.8 Å². The van der Waals surface area contributed by atoms with Crippen molar-refractivity contribution in [3.05, 3.63) is 0 Å². The maximum atomic E-state index is 11.2. The highest BCUT2D eigenvalue weighted by atomic mass is 28.2. The molecule has 1 aliphatic rings. The molecule has 0 aliphatic carbocycles. The first kappa shape index (κ1) is 6.03. The van der Waals surface area contributed by atoms with Crippen molar-refractivity contribution < 1.29 is 9.22 Å². The van der Waals surface area contributed by atoms with E-state index in [-0.39, 0.29) is 5.73 Å². The lowest BCUT2D eigenvalue weighted by Crippen LogP contribution is -2.06. The number of halogens is 1. The first-order chi connectivity index (χ1) is 3.93. The molecule has 1 heterocycles. The number of hydrogen-bond acceptors (Lipinski definition) is 2. The van der Waals surface area contributed by atoms with Gasteiger partial charge in [-0.05, 0) is 12.8 Å². The average molecular weight is 133 g/mol. The Kier molecular flexibility index (Phi) is 2.29. The lowest BCUT2D eigenvalue weighted by Gasteiger charge is -1.95. The van der Waals surface area contributed by atoms with Crippen LogP contribution in [0.4, 0.5) is 4.48 Å². The molecule has 1 saturated heterocycles. The largest absolute Gasteiger partial charge is 0.376 e. The van der Waals surface area contributed by atoms with Gasteiger partial charge in [-0.1, -0.05) is 4.48 Å². The minimum atomic E-state index is -0.431. The van der Waals surface area contributed by atoms with E-state index in [4.69, 9.17) is 4.74 Å². The highest BCUT2D eigenvalue weighted by molar-refractivity contribution is 6.23. The van der Waals surface area contributed by atoms with Gasteiger partial charge in [0.25, 0.3) is 0 Å². The Labute approximate surface area is 49.5 Å². The maximum absolute atomic E-state index is 11.2. The first-order valence-electron chi connectivity index (χ1n) is 2.69. The van der Waals surface area contributed by atoms with Crippen LogP contribution in [0.25, 0.3) is 0 Å². The quantitative estimate of drug-likeness (QED) is 0.481. The number of hydrogen-bond donors (Lipinski definition) is 0. The topological polar surface area (TPSA) is 21.6 Å². The van der Waals surface area contributed by atoms with Crippen molar-refractivity contribution >= 4 is 9.31 Å². The first-order valence-corrected chi connectivity index (χ1v) is 3.88. The van der Waals surface area contributed by atoms with Gasteiger partial charge in [-0.15, -0.1) is 0 Å². The molecule has 0 aromatic carbocycles. The van der Waals surface area contributed by atoms with E-state index in [2.05, 4.69) is 4.86 Å². The van der Waals surface area contributed by atoms with Gasteiger partial charge < -0.3 is 4.74 Å². The molecule has 1 aliphatic heterocycles. The summed E-state index contributed by atoms with van der Waals surface area (Å²) in [6, 6.07) is 0. The van der Waals surface area contributed by atoms with E-state index in [1.54, 1.807) is 0 Å². The number of ether oxygens (including phenoxy) is 1. The van der Waals surface area contributed by atoms with E-state index < -0.39 is 9.31 Å². The number of nitrogens with zero attached hydrogens (tertiary/aromatic N) is 1. The number of rotatable bonds is 1. The van der Waals surface area contributed by atoms with Gasteiger partial charge in [-0.3, -0.25) is 0 Å². The van der Waals surface area contributed by atoms with Crippen LogP contribution in [-0.4, -0.2) is 21.6 Å². The summed E-state index contributed by atoms with van der Waals surface area (Å²) in [6.45, 7) is 0.799. The van der Waals surface area contributed by atoms with Crippen LogP contribution in [0.3, 0.4) is 0 Å². The lowest BCUT2D eigenvalue weighted by atomic mass is 10.4. The van der Waals surface area contributed by atoms with Gasteiger partial charge in [0.15, 0.2) is 9.31 Å². The third-order valence-corrected chi connectivity index (χ3v) is 2.16. The molecule has 0 aromatic rings. The second kappa shape index (κ2) is 3.04. The van der Waals surface area contributed by atoms with Crippen LogP contribution in [0.15, 0.2) is 4.86 Å². The van der Waals surface area contributed by atoms with Crippen molar-refractivity contribution in [2.45, 2.75) is 18.6 Å². The van der Waals surface area contributed by atoms with Crippen LogP contribution in [0, 0.1) is 0 Å². The van der Waals surface area contributed by atoms with Crippen LogP contribution in [0.5, 0.6) is 0 Å². The summed E-state index contributed by atoms with van der Waals surface area (Å²) in [5, 5.41) is 0. The van der Waals surface area contributed by atoms with E-state index in [1.807, 2.05) is 0 Å². The van der Waals surface area contributed by atoms with Crippen molar-refractivity contribution in [3.63, 3.8) is 0 Å². The van der Waals surface area contributed by atoms with Gasteiger partial charge in [-0.2, -0.15) is 4.86 Å². The normalized spacial score (nSPS) is 29.9. The minimum absolute atomic E-state index is 0.153. The Balaban J connectivity index is 2.24. The molecule has 1 rings (SSSR count). The Bertz CT molecular complexity index is 92.0. The smallest absolute Gasteiger partial charge is 0.187 e. The monoisotopic (exact) mass is 133 g/mol. The molecular weight excluding hydrogens is 125 g/mol. The predicted octanol–water partition coefficient (Wildman–Crippen LogP) is 0.627. The summed E-state index contributed by atoms with van der Waals surface area (Å²) in [6.07, 6.45) is 2.08. The van der Waals surface area contributed by atoms with Gasteiger partial charge >= 0.3 is 0 Å². The molecule has 2 nitrogen and oxygen atoms in total. The molecular formula is C4H8FNOSi. The zero-order chi connectivity index (χ0) is 5.82. The molecule has 0 bridgehead atoms. The zero-order valence-corrected chi connectivity index (χ0v) is 5.66. The standard InChI is InChI=1S/C4H8FNOSi/c5-6-8-4-2-1-3-7-4/h4,8H,1-3H2/b8-6+. The highest BCUT2D eigenvalue weighted by Gasteiger charge is 2.12. The fourth-order valence-corrected chi connectivity index (χ4v) is 1.52. The Morgan fingerprint density at radius 1 is 1.75 bits per heavy atom. The Morgan fingerprint density at radius 2 is 2.62 bits per heavy atom. The van der Waals surface area contributed by atoms with Crippen LogP contribution in [0.2, 0.25) is 0 Å². The summed E-state index contributed by atoms with van der Waals surface area (Å²) in [5.41, 5.74) is 0.153. The van der Waals surface area contributed by atoms with Crippen molar-refractivity contribution in [1.29, 1.82) is 0 Å². The second-order valence-electron chi connectivity index (χ2n) is 1.80. The third kappa shape index (κ3) is 1.45. The third-order valence-electron chi connectivity index (χ3n) is 1.19. The van der Waals surface area contributed by atoms with Crippen molar-refractivity contribution in [3.8, 4) is 0 Å². The van der Waals surface area contributed by atoms with Gasteiger partial charge in [-0.25, -0.2) is 0 Å². The molecule has 46 valence electrons. The molecule has 1 fully saturated rings. The van der Waals surface area contributed by atoms with Crippen LogP contribution >= 0.6 is 0 Å². The molecule has 1 unspecified atom stereocenters. The molecule has 0 saturated carbocycles. The molecule has 0 N–H and O–H groups in total. The van der Waals surface area contributed by atoms with Crippen LogP contribution in [-0.2, 0) is 4.74 Å². The molecule has 0 amide bonds. The van der Waals surface area contributed by atoms with E-state index in [1.165, 1.54) is 0 Å². The minimum Gasteiger partial charge on any atom is -0.376 e. The lowest BCUT2D eigenvalue weighted by molar-refractivity contribution is 0.166. The summed E-state index contributed by atoms with van der Waals surface area (Å²) in [4.78, 5) is 2.58. The highest BCUT2D eigenvalue weighted by Crippen LogP contribution is 2.08. The van der Waals surface area contributed by atoms with Gasteiger partial charge in [0, 0.05) is 6.61 Å². The van der Waals surface area contributed by atoms with Crippen LogP contribution < -0.4 is 0 Å². The average Bonchev–Trinajstić information content (AvgIpc) is 2.19. The van der Waals surface area contributed by atoms with Crippen molar-refractivity contribution in [1.82, 2.24) is 0 Å². The Hall–Kier alpha value is -0.0931. The fraction of sp³-hybridized carbons (Fsp3) is 1.00. The predicted molar refractivity (Wildman–Crippen MR) is 29.7 cm³/mol. The maximum Gasteiger partial charge on any atom is 0.187 e. The molecule has 0 radical (unpaired) electrons. The van der Waals surface area contributed by atoms with Gasteiger partial charge in [0.2, 0.25) is 0 Å². The van der Waals surface area contributed by atoms with Gasteiger partial charge in [0.1, 0.15) is 0 Å². The summed E-state index contributed by atoms with van der Waals surface area (Å²) >= 11 is 0. The second-order valence-corrected chi connectivity index (χ2v) is 3.04. The van der Waals surface area contributed by atoms with E-state index in [9.17, 15) is 4.48 Å². The zero-order valence-electron chi connectivity index (χ0n) is 4.51. The summed E-state index contributed by atoms with van der Waals surface area (Å²) < 4.78 is 16.3. The van der Waals surface area contributed by atoms with Crippen molar-refractivity contribution in [2.24, 2.45) is 4.86 Å². The SMILES string of the molecule is F/N=[SiH]/C1CCCO1.